The lowest BCUT2D eigenvalue weighted by atomic mass is 10.2. The Balaban J connectivity index is 2.63. The second-order valence-corrected chi connectivity index (χ2v) is 3.13. The molecule has 0 spiro atoms. The first kappa shape index (κ1) is 10.9. The van der Waals surface area contributed by atoms with Crippen LogP contribution in [0.15, 0.2) is 18.2 Å². The van der Waals surface area contributed by atoms with Crippen LogP contribution in [-0.2, 0) is 0 Å². The first-order valence-electron chi connectivity index (χ1n) is 4.38. The largest absolute Gasteiger partial charge is 0.389 e. The predicted molar refractivity (Wildman–Crippen MR) is 51.6 cm³/mol. The highest BCUT2D eigenvalue weighted by Gasteiger charge is 2.06. The highest BCUT2D eigenvalue weighted by atomic mass is 19.1. The molecule has 0 amide bonds. The monoisotopic (exact) mass is 201 g/mol. The molecule has 0 radical (unpaired) electrons. The lowest BCUT2D eigenvalue weighted by Gasteiger charge is -2.11. The number of hydrogen-bond acceptors (Lipinski definition) is 2. The molecule has 2 nitrogen and oxygen atoms in total. The second-order valence-electron chi connectivity index (χ2n) is 3.13. The first-order chi connectivity index (χ1) is 6.65. The van der Waals surface area contributed by atoms with Gasteiger partial charge in [-0.2, -0.15) is 0 Å². The Morgan fingerprint density at radius 1 is 1.50 bits per heavy atom. The molecule has 0 fully saturated rings. The zero-order valence-corrected chi connectivity index (χ0v) is 7.93. The number of alkyl halides is 1. The van der Waals surface area contributed by atoms with Gasteiger partial charge in [-0.05, 0) is 18.6 Å². The van der Waals surface area contributed by atoms with Gasteiger partial charge in [0.1, 0.15) is 12.5 Å². The minimum Gasteiger partial charge on any atom is -0.389 e. The van der Waals surface area contributed by atoms with Gasteiger partial charge in [0, 0.05) is 6.54 Å². The third kappa shape index (κ3) is 2.67. The molecule has 0 saturated heterocycles. The fraction of sp³-hybridized carbons (Fsp3) is 0.400. The summed E-state index contributed by atoms with van der Waals surface area (Å²) < 4.78 is 25.2. The summed E-state index contributed by atoms with van der Waals surface area (Å²) in [6.07, 6.45) is -1.09. The van der Waals surface area contributed by atoms with E-state index in [1.165, 1.54) is 0 Å². The van der Waals surface area contributed by atoms with Gasteiger partial charge in [0.15, 0.2) is 0 Å². The van der Waals surface area contributed by atoms with Crippen molar-refractivity contribution in [3.05, 3.63) is 29.6 Å². The van der Waals surface area contributed by atoms with E-state index >= 15 is 0 Å². The molecule has 1 unspecified atom stereocenters. The summed E-state index contributed by atoms with van der Waals surface area (Å²) >= 11 is 0. The minimum atomic E-state index is -1.09. The highest BCUT2D eigenvalue weighted by molar-refractivity contribution is 5.47. The molecule has 1 aromatic rings. The fourth-order valence-corrected chi connectivity index (χ4v) is 1.07. The molecule has 0 saturated carbocycles. The Labute approximate surface area is 81.6 Å². The molecule has 0 aromatic heterocycles. The summed E-state index contributed by atoms with van der Waals surface area (Å²) in [6.45, 7) is 0.823. The lowest BCUT2D eigenvalue weighted by Crippen LogP contribution is -2.21. The maximum absolute atomic E-state index is 13.3. The number of anilines is 1. The Morgan fingerprint density at radius 2 is 2.21 bits per heavy atom. The van der Waals surface area contributed by atoms with Crippen LogP contribution in [0, 0.1) is 12.7 Å². The highest BCUT2D eigenvalue weighted by Crippen LogP contribution is 2.16. The van der Waals surface area contributed by atoms with Gasteiger partial charge < -0.3 is 10.4 Å². The topological polar surface area (TPSA) is 32.3 Å². The van der Waals surface area contributed by atoms with Gasteiger partial charge in [0.2, 0.25) is 0 Å². The van der Waals surface area contributed by atoms with E-state index in [0.29, 0.717) is 5.56 Å². The molecule has 14 heavy (non-hydrogen) atoms. The van der Waals surface area contributed by atoms with Crippen molar-refractivity contribution in [3.63, 3.8) is 0 Å². The van der Waals surface area contributed by atoms with E-state index in [4.69, 9.17) is 5.11 Å². The first-order valence-corrected chi connectivity index (χ1v) is 4.38. The zero-order valence-electron chi connectivity index (χ0n) is 7.93. The van der Waals surface area contributed by atoms with Crippen molar-refractivity contribution in [2.24, 2.45) is 0 Å². The van der Waals surface area contributed by atoms with Gasteiger partial charge >= 0.3 is 0 Å². The molecule has 78 valence electrons. The van der Waals surface area contributed by atoms with Crippen LogP contribution in [0.25, 0.3) is 0 Å². The van der Waals surface area contributed by atoms with Crippen molar-refractivity contribution in [1.29, 1.82) is 0 Å². The minimum absolute atomic E-state index is 0.0108. The Morgan fingerprint density at radius 3 is 2.86 bits per heavy atom. The fourth-order valence-electron chi connectivity index (χ4n) is 1.07. The van der Waals surface area contributed by atoms with Crippen LogP contribution in [-0.4, -0.2) is 24.4 Å². The average molecular weight is 201 g/mol. The molecule has 1 atom stereocenters. The third-order valence-electron chi connectivity index (χ3n) is 1.90. The molecule has 0 bridgehead atoms. The number of rotatable bonds is 4. The van der Waals surface area contributed by atoms with Crippen molar-refractivity contribution in [2.45, 2.75) is 13.0 Å². The number of aryl methyl sites for hydroxylation is 1. The van der Waals surface area contributed by atoms with Crippen LogP contribution in [0.5, 0.6) is 0 Å². The maximum atomic E-state index is 13.3. The van der Waals surface area contributed by atoms with Gasteiger partial charge in [0.25, 0.3) is 0 Å². The quantitative estimate of drug-likeness (QED) is 0.779. The summed E-state index contributed by atoms with van der Waals surface area (Å²) in [7, 11) is 0. The normalized spacial score (nSPS) is 12.6. The van der Waals surface area contributed by atoms with E-state index in [0.717, 1.165) is 0 Å². The van der Waals surface area contributed by atoms with Crippen LogP contribution in [0.2, 0.25) is 0 Å². The molecule has 0 aliphatic carbocycles. The summed E-state index contributed by atoms with van der Waals surface area (Å²) in [5, 5.41) is 11.6. The van der Waals surface area contributed by atoms with Crippen LogP contribution >= 0.6 is 0 Å². The van der Waals surface area contributed by atoms with E-state index in [1.54, 1.807) is 25.1 Å². The molecule has 0 aliphatic rings. The third-order valence-corrected chi connectivity index (χ3v) is 1.90. The summed E-state index contributed by atoms with van der Waals surface area (Å²) in [6, 6.07) is 4.89. The second kappa shape index (κ2) is 4.91. The van der Waals surface area contributed by atoms with Gasteiger partial charge in [-0.25, -0.2) is 8.78 Å². The van der Waals surface area contributed by atoms with E-state index < -0.39 is 12.8 Å². The average Bonchev–Trinajstić information content (AvgIpc) is 2.20. The molecule has 1 rings (SSSR count). The van der Waals surface area contributed by atoms with Crippen LogP contribution in [0.4, 0.5) is 14.5 Å². The number of benzene rings is 1. The lowest BCUT2D eigenvalue weighted by molar-refractivity contribution is 0.151. The van der Waals surface area contributed by atoms with E-state index in [-0.39, 0.29) is 18.0 Å². The van der Waals surface area contributed by atoms with E-state index in [2.05, 4.69) is 5.32 Å². The number of halogens is 2. The molecule has 2 N–H and O–H groups in total. The predicted octanol–water partition coefficient (Wildman–Crippen LogP) is 1.88. The van der Waals surface area contributed by atoms with Crippen molar-refractivity contribution in [3.8, 4) is 0 Å². The number of nitrogens with one attached hydrogen (secondary N) is 1. The zero-order chi connectivity index (χ0) is 10.6. The molecular weight excluding hydrogens is 188 g/mol. The Kier molecular flexibility index (Phi) is 3.83. The summed E-state index contributed by atoms with van der Waals surface area (Å²) in [4.78, 5) is 0. The summed E-state index contributed by atoms with van der Waals surface area (Å²) in [5.41, 5.74) is 0.808. The standard InChI is InChI=1S/C10H13F2NO/c1-7-3-2-4-9(10(7)12)13-6-8(14)5-11/h2-4,8,13-14H,5-6H2,1H3. The van der Waals surface area contributed by atoms with Gasteiger partial charge in [-0.1, -0.05) is 12.1 Å². The van der Waals surface area contributed by atoms with Crippen molar-refractivity contribution in [1.82, 2.24) is 0 Å². The van der Waals surface area contributed by atoms with Crippen LogP contribution < -0.4 is 5.32 Å². The Hall–Kier alpha value is -1.16. The van der Waals surface area contributed by atoms with Gasteiger partial charge in [-0.15, -0.1) is 0 Å². The summed E-state index contributed by atoms with van der Waals surface area (Å²) in [5.74, 6) is -0.362. The molecule has 0 aliphatic heterocycles. The number of aliphatic hydroxyl groups is 1. The smallest absolute Gasteiger partial charge is 0.149 e. The molecular formula is C10H13F2NO. The maximum Gasteiger partial charge on any atom is 0.149 e. The van der Waals surface area contributed by atoms with Crippen molar-refractivity contribution >= 4 is 5.69 Å². The van der Waals surface area contributed by atoms with Crippen molar-refractivity contribution < 1.29 is 13.9 Å². The molecule has 0 heterocycles. The van der Waals surface area contributed by atoms with Gasteiger partial charge in [0.05, 0.1) is 11.8 Å². The van der Waals surface area contributed by atoms with Crippen molar-refractivity contribution in [2.75, 3.05) is 18.5 Å². The van der Waals surface area contributed by atoms with E-state index in [9.17, 15) is 8.78 Å². The number of hydrogen-bond donors (Lipinski definition) is 2. The SMILES string of the molecule is Cc1cccc(NCC(O)CF)c1F. The molecule has 1 aromatic carbocycles. The molecule has 4 heteroatoms. The van der Waals surface area contributed by atoms with Gasteiger partial charge in [-0.3, -0.25) is 0 Å². The Bertz CT molecular complexity index is 304. The van der Waals surface area contributed by atoms with Crippen LogP contribution in [0.3, 0.4) is 0 Å². The number of aliphatic hydroxyl groups excluding tert-OH is 1. The van der Waals surface area contributed by atoms with E-state index in [1.807, 2.05) is 0 Å². The van der Waals surface area contributed by atoms with Crippen LogP contribution in [0.1, 0.15) is 5.56 Å².